The van der Waals surface area contributed by atoms with Crippen molar-refractivity contribution >= 4 is 29.7 Å². The average molecular weight is 449 g/mol. The number of aryl methyl sites for hydroxylation is 1. The highest BCUT2D eigenvalue weighted by Gasteiger charge is 2.39. The van der Waals surface area contributed by atoms with Crippen molar-refractivity contribution in [2.75, 3.05) is 0 Å². The van der Waals surface area contributed by atoms with Gasteiger partial charge in [0.25, 0.3) is 5.91 Å². The maximum atomic E-state index is 13.0. The van der Waals surface area contributed by atoms with Gasteiger partial charge >= 0.3 is 0 Å². The number of carbonyl (C=O) groups is 2. The van der Waals surface area contributed by atoms with Crippen LogP contribution in [0, 0.1) is 12.8 Å². The van der Waals surface area contributed by atoms with Crippen molar-refractivity contribution in [3.05, 3.63) is 76.2 Å². The summed E-state index contributed by atoms with van der Waals surface area (Å²) in [7, 11) is 0. The SMILES string of the molecule is CCC(Cc1ccccc1)NC(=O)C1CCC2S/C(=C/c3ccc(C)cc3)C(=O)NC2C1. The topological polar surface area (TPSA) is 58.2 Å². The van der Waals surface area contributed by atoms with E-state index >= 15 is 0 Å². The second-order valence-electron chi connectivity index (χ2n) is 8.97. The highest BCUT2D eigenvalue weighted by Crippen LogP contribution is 2.40. The van der Waals surface area contributed by atoms with Crippen LogP contribution in [0.2, 0.25) is 0 Å². The van der Waals surface area contributed by atoms with Crippen LogP contribution in [0.25, 0.3) is 6.08 Å². The molecule has 168 valence electrons. The second kappa shape index (κ2) is 10.4. The first-order chi connectivity index (χ1) is 15.5. The van der Waals surface area contributed by atoms with Crippen molar-refractivity contribution in [1.29, 1.82) is 0 Å². The van der Waals surface area contributed by atoms with Gasteiger partial charge in [-0.2, -0.15) is 0 Å². The molecule has 2 aromatic carbocycles. The Morgan fingerprint density at radius 2 is 1.91 bits per heavy atom. The van der Waals surface area contributed by atoms with E-state index in [9.17, 15) is 9.59 Å². The van der Waals surface area contributed by atoms with Gasteiger partial charge < -0.3 is 10.6 Å². The van der Waals surface area contributed by atoms with Crippen LogP contribution in [-0.2, 0) is 16.0 Å². The van der Waals surface area contributed by atoms with Gasteiger partial charge in [0, 0.05) is 23.3 Å². The number of hydrogen-bond donors (Lipinski definition) is 2. The Morgan fingerprint density at radius 1 is 1.16 bits per heavy atom. The number of thioether (sulfide) groups is 1. The summed E-state index contributed by atoms with van der Waals surface area (Å²) in [6, 6.07) is 18.7. The molecule has 1 aliphatic heterocycles. The molecule has 2 aromatic rings. The third-order valence-corrected chi connectivity index (χ3v) is 7.94. The molecule has 4 nitrogen and oxygen atoms in total. The number of fused-ring (bicyclic) bond motifs is 1. The smallest absolute Gasteiger partial charge is 0.257 e. The molecule has 4 rings (SSSR count). The van der Waals surface area contributed by atoms with Gasteiger partial charge in [-0.1, -0.05) is 67.1 Å². The third kappa shape index (κ3) is 5.63. The Labute approximate surface area is 195 Å². The van der Waals surface area contributed by atoms with Crippen LogP contribution in [0.3, 0.4) is 0 Å². The van der Waals surface area contributed by atoms with E-state index in [4.69, 9.17) is 0 Å². The van der Waals surface area contributed by atoms with E-state index in [1.54, 1.807) is 11.8 Å². The summed E-state index contributed by atoms with van der Waals surface area (Å²) in [5.74, 6) is 0.0736. The van der Waals surface area contributed by atoms with Crippen molar-refractivity contribution < 1.29 is 9.59 Å². The summed E-state index contributed by atoms with van der Waals surface area (Å²) < 4.78 is 0. The van der Waals surface area contributed by atoms with E-state index < -0.39 is 0 Å². The molecule has 2 amide bonds. The van der Waals surface area contributed by atoms with Crippen LogP contribution < -0.4 is 10.6 Å². The zero-order chi connectivity index (χ0) is 22.5. The van der Waals surface area contributed by atoms with Gasteiger partial charge in [-0.3, -0.25) is 9.59 Å². The zero-order valence-corrected chi connectivity index (χ0v) is 19.7. The Kier molecular flexibility index (Phi) is 7.36. The highest BCUT2D eigenvalue weighted by molar-refractivity contribution is 8.04. The van der Waals surface area contributed by atoms with Crippen LogP contribution in [-0.4, -0.2) is 29.1 Å². The predicted octanol–water partition coefficient (Wildman–Crippen LogP) is 4.87. The molecule has 1 saturated carbocycles. The summed E-state index contributed by atoms with van der Waals surface area (Å²) in [4.78, 5) is 26.5. The molecule has 2 fully saturated rings. The van der Waals surface area contributed by atoms with Crippen molar-refractivity contribution in [3.63, 3.8) is 0 Å². The van der Waals surface area contributed by atoms with Crippen LogP contribution in [0.5, 0.6) is 0 Å². The summed E-state index contributed by atoms with van der Waals surface area (Å²) in [6.07, 6.45) is 6.25. The van der Waals surface area contributed by atoms with Gasteiger partial charge in [-0.15, -0.1) is 11.8 Å². The third-order valence-electron chi connectivity index (χ3n) is 6.52. The molecular weight excluding hydrogens is 416 g/mol. The average Bonchev–Trinajstić information content (AvgIpc) is 2.81. The van der Waals surface area contributed by atoms with E-state index in [1.807, 2.05) is 36.4 Å². The number of hydrogen-bond acceptors (Lipinski definition) is 3. The summed E-state index contributed by atoms with van der Waals surface area (Å²) >= 11 is 1.67. The first kappa shape index (κ1) is 22.7. The van der Waals surface area contributed by atoms with E-state index in [-0.39, 0.29) is 29.8 Å². The van der Waals surface area contributed by atoms with Crippen LogP contribution in [0.4, 0.5) is 0 Å². The Morgan fingerprint density at radius 3 is 2.62 bits per heavy atom. The molecule has 0 bridgehead atoms. The van der Waals surface area contributed by atoms with Crippen LogP contribution in [0.1, 0.15) is 49.3 Å². The van der Waals surface area contributed by atoms with E-state index in [0.717, 1.165) is 42.6 Å². The number of carbonyl (C=O) groups excluding carboxylic acids is 2. The molecule has 2 N–H and O–H groups in total. The van der Waals surface area contributed by atoms with Crippen molar-refractivity contribution in [2.45, 2.75) is 63.3 Å². The van der Waals surface area contributed by atoms with Crippen molar-refractivity contribution in [2.24, 2.45) is 5.92 Å². The number of rotatable bonds is 6. The lowest BCUT2D eigenvalue weighted by molar-refractivity contribution is -0.127. The summed E-state index contributed by atoms with van der Waals surface area (Å²) in [5.41, 5.74) is 3.50. The van der Waals surface area contributed by atoms with Crippen molar-refractivity contribution in [1.82, 2.24) is 10.6 Å². The zero-order valence-electron chi connectivity index (χ0n) is 18.8. The quantitative estimate of drug-likeness (QED) is 0.620. The minimum Gasteiger partial charge on any atom is -0.353 e. The van der Waals surface area contributed by atoms with Crippen LogP contribution in [0.15, 0.2) is 59.5 Å². The Hall–Kier alpha value is -2.53. The fourth-order valence-electron chi connectivity index (χ4n) is 4.56. The van der Waals surface area contributed by atoms with Gasteiger partial charge in [0.15, 0.2) is 0 Å². The lowest BCUT2D eigenvalue weighted by Crippen LogP contribution is -2.52. The standard InChI is InChI=1S/C27H32N2O2S/c1-3-22(15-19-7-5-4-6-8-19)28-26(30)21-13-14-24-23(17-21)29-27(31)25(32-24)16-20-11-9-18(2)10-12-20/h4-12,16,21-24H,3,13-15,17H2,1-2H3,(H,28,30)(H,29,31)/b25-16+. The fraction of sp³-hybridized carbons (Fsp3) is 0.407. The molecule has 1 saturated heterocycles. The number of amides is 2. The fourth-order valence-corrected chi connectivity index (χ4v) is 5.85. The lowest BCUT2D eigenvalue weighted by atomic mass is 9.84. The first-order valence-corrected chi connectivity index (χ1v) is 12.5. The molecule has 1 heterocycles. The summed E-state index contributed by atoms with van der Waals surface area (Å²) in [5, 5.41) is 6.78. The predicted molar refractivity (Wildman–Crippen MR) is 132 cm³/mol. The second-order valence-corrected chi connectivity index (χ2v) is 10.3. The Bertz CT molecular complexity index is 971. The van der Waals surface area contributed by atoms with Gasteiger partial charge in [-0.05, 0) is 56.2 Å². The van der Waals surface area contributed by atoms with Crippen molar-refractivity contribution in [3.8, 4) is 0 Å². The number of benzene rings is 2. The molecule has 4 unspecified atom stereocenters. The maximum absolute atomic E-state index is 13.0. The van der Waals surface area contributed by atoms with Gasteiger partial charge in [-0.25, -0.2) is 0 Å². The molecule has 0 spiro atoms. The molecule has 2 aliphatic rings. The molecule has 0 aromatic heterocycles. The van der Waals surface area contributed by atoms with Gasteiger partial charge in [0.2, 0.25) is 5.91 Å². The molecule has 5 heteroatoms. The van der Waals surface area contributed by atoms with E-state index in [0.29, 0.717) is 5.25 Å². The largest absolute Gasteiger partial charge is 0.353 e. The first-order valence-electron chi connectivity index (χ1n) is 11.6. The van der Waals surface area contributed by atoms with Crippen LogP contribution >= 0.6 is 11.8 Å². The number of nitrogens with one attached hydrogen (secondary N) is 2. The highest BCUT2D eigenvalue weighted by atomic mass is 32.2. The minimum atomic E-state index is -0.0374. The monoisotopic (exact) mass is 448 g/mol. The maximum Gasteiger partial charge on any atom is 0.257 e. The normalized spacial score (nSPS) is 25.0. The molecule has 0 radical (unpaired) electrons. The Balaban J connectivity index is 1.34. The molecular formula is C27H32N2O2S. The molecule has 32 heavy (non-hydrogen) atoms. The lowest BCUT2D eigenvalue weighted by Gasteiger charge is -2.39. The van der Waals surface area contributed by atoms with E-state index in [1.165, 1.54) is 11.1 Å². The van der Waals surface area contributed by atoms with Gasteiger partial charge in [0.1, 0.15) is 0 Å². The minimum absolute atomic E-state index is 0.0200. The van der Waals surface area contributed by atoms with Gasteiger partial charge in [0.05, 0.1) is 4.91 Å². The summed E-state index contributed by atoms with van der Waals surface area (Å²) in [6.45, 7) is 4.17. The van der Waals surface area contributed by atoms with E-state index in [2.05, 4.69) is 48.7 Å². The molecule has 4 atom stereocenters. The molecule has 1 aliphatic carbocycles.